The Kier molecular flexibility index (Phi) is 5.89. The van der Waals surface area contributed by atoms with Crippen LogP contribution in [0.25, 0.3) is 0 Å². The Morgan fingerprint density at radius 1 is 1.33 bits per heavy atom. The number of benzene rings is 1. The van der Waals surface area contributed by atoms with E-state index in [0.717, 1.165) is 39.9 Å². The molecule has 0 aliphatic carbocycles. The monoisotopic (exact) mass is 385 g/mol. The fraction of sp³-hybridized carbons (Fsp3) is 0.450. The van der Waals surface area contributed by atoms with E-state index in [2.05, 4.69) is 41.5 Å². The molecule has 1 atom stereocenters. The minimum Gasteiger partial charge on any atom is -0.328 e. The summed E-state index contributed by atoms with van der Waals surface area (Å²) in [5.41, 5.74) is 3.42. The first-order valence-electron chi connectivity index (χ1n) is 9.34. The van der Waals surface area contributed by atoms with E-state index in [1.165, 1.54) is 0 Å². The van der Waals surface area contributed by atoms with Crippen LogP contribution in [0.3, 0.4) is 0 Å². The second-order valence-corrected chi connectivity index (χ2v) is 8.40. The number of para-hydroxylation sites is 1. The number of anilines is 2. The summed E-state index contributed by atoms with van der Waals surface area (Å²) in [4.78, 5) is 17.8. The van der Waals surface area contributed by atoms with Crippen molar-refractivity contribution in [2.24, 2.45) is 5.92 Å². The van der Waals surface area contributed by atoms with Gasteiger partial charge in [0.2, 0.25) is 11.1 Å². The maximum absolute atomic E-state index is 13.2. The van der Waals surface area contributed by atoms with E-state index in [1.54, 1.807) is 11.8 Å². The number of thioether (sulfide) groups is 1. The topological polar surface area (TPSA) is 71.8 Å². The van der Waals surface area contributed by atoms with E-state index in [-0.39, 0.29) is 11.9 Å². The molecule has 0 radical (unpaired) electrons. The fourth-order valence-electron chi connectivity index (χ4n) is 3.29. The van der Waals surface area contributed by atoms with E-state index in [1.807, 2.05) is 42.8 Å². The molecule has 1 aliphatic heterocycles. The van der Waals surface area contributed by atoms with Crippen LogP contribution in [0.4, 0.5) is 11.6 Å². The van der Waals surface area contributed by atoms with Crippen LogP contribution in [0.5, 0.6) is 0 Å². The molecule has 3 rings (SSSR count). The second-order valence-electron chi connectivity index (χ2n) is 7.17. The minimum absolute atomic E-state index is 0.0919. The summed E-state index contributed by atoms with van der Waals surface area (Å²) in [7, 11) is 0. The highest BCUT2D eigenvalue weighted by molar-refractivity contribution is 7.99. The molecule has 0 saturated carbocycles. The molecule has 1 amide bonds. The number of nitrogens with zero attached hydrogens (tertiary/aromatic N) is 3. The van der Waals surface area contributed by atoms with Crippen LogP contribution in [0, 0.1) is 12.8 Å². The summed E-state index contributed by atoms with van der Waals surface area (Å²) in [6, 6.07) is 7.68. The number of nitrogens with one attached hydrogen (secondary N) is 2. The summed E-state index contributed by atoms with van der Waals surface area (Å²) < 4.78 is 1.87. The standard InChI is InChI=1S/C20H27N5OS/c1-6-27-20-23-19-21-14(5)17(16(11-12(2)3)25(19)24-20)18(26)22-15-10-8-7-9-13(15)4/h7-10,12,16H,6,11H2,1-5H3,(H,22,26)(H,21,23,24)/t16-/m0/s1. The first kappa shape index (κ1) is 19.5. The van der Waals surface area contributed by atoms with Gasteiger partial charge in [0, 0.05) is 11.4 Å². The number of carbonyl (C=O) groups is 1. The zero-order valence-corrected chi connectivity index (χ0v) is 17.4. The van der Waals surface area contributed by atoms with Crippen LogP contribution in [-0.4, -0.2) is 26.4 Å². The van der Waals surface area contributed by atoms with Gasteiger partial charge < -0.3 is 10.6 Å². The minimum atomic E-state index is -0.135. The molecule has 2 aromatic rings. The second kappa shape index (κ2) is 8.17. The third-order valence-electron chi connectivity index (χ3n) is 4.55. The average molecular weight is 386 g/mol. The van der Waals surface area contributed by atoms with Crippen LogP contribution in [0.1, 0.15) is 45.7 Å². The molecule has 1 aromatic heterocycles. The molecule has 144 valence electrons. The molecule has 1 aliphatic rings. The van der Waals surface area contributed by atoms with Crippen molar-refractivity contribution in [2.45, 2.75) is 52.2 Å². The zero-order chi connectivity index (χ0) is 19.6. The molecule has 1 aromatic carbocycles. The number of carbonyl (C=O) groups excluding carboxylic acids is 1. The Labute approximate surface area is 164 Å². The van der Waals surface area contributed by atoms with Gasteiger partial charge in [-0.3, -0.25) is 4.79 Å². The van der Waals surface area contributed by atoms with Gasteiger partial charge in [0.05, 0.1) is 11.6 Å². The Morgan fingerprint density at radius 3 is 2.74 bits per heavy atom. The highest BCUT2D eigenvalue weighted by atomic mass is 32.2. The Balaban J connectivity index is 1.95. The SMILES string of the molecule is CCSc1nc2n(n1)[C@@H](CC(C)C)C(C(=O)Nc1ccccc1C)=C(C)N2. The molecule has 2 N–H and O–H groups in total. The predicted molar refractivity (Wildman–Crippen MR) is 111 cm³/mol. The lowest BCUT2D eigenvalue weighted by Gasteiger charge is -2.29. The molecule has 0 fully saturated rings. The van der Waals surface area contributed by atoms with E-state index in [4.69, 9.17) is 0 Å². The van der Waals surface area contributed by atoms with Crippen molar-refractivity contribution in [3.8, 4) is 0 Å². The van der Waals surface area contributed by atoms with Crippen LogP contribution in [0.2, 0.25) is 0 Å². The first-order chi connectivity index (χ1) is 12.9. The zero-order valence-electron chi connectivity index (χ0n) is 16.5. The molecule has 0 bridgehead atoms. The fourth-order valence-corrected chi connectivity index (χ4v) is 3.85. The number of amides is 1. The number of aryl methyl sites for hydroxylation is 1. The number of hydrogen-bond acceptors (Lipinski definition) is 5. The molecule has 27 heavy (non-hydrogen) atoms. The number of allylic oxidation sites excluding steroid dienone is 1. The summed E-state index contributed by atoms with van der Waals surface area (Å²) >= 11 is 1.60. The predicted octanol–water partition coefficient (Wildman–Crippen LogP) is 4.62. The maximum Gasteiger partial charge on any atom is 0.255 e. The van der Waals surface area contributed by atoms with E-state index >= 15 is 0 Å². The smallest absolute Gasteiger partial charge is 0.255 e. The lowest BCUT2D eigenvalue weighted by molar-refractivity contribution is -0.113. The van der Waals surface area contributed by atoms with Gasteiger partial charge in [-0.1, -0.05) is 50.7 Å². The van der Waals surface area contributed by atoms with Gasteiger partial charge in [0.1, 0.15) is 0 Å². The van der Waals surface area contributed by atoms with Crippen molar-refractivity contribution in [1.29, 1.82) is 0 Å². The largest absolute Gasteiger partial charge is 0.328 e. The van der Waals surface area contributed by atoms with Crippen molar-refractivity contribution in [3.63, 3.8) is 0 Å². The van der Waals surface area contributed by atoms with Gasteiger partial charge in [0.15, 0.2) is 0 Å². The summed E-state index contributed by atoms with van der Waals surface area (Å²) in [5, 5.41) is 11.7. The van der Waals surface area contributed by atoms with Crippen molar-refractivity contribution >= 4 is 29.3 Å². The Morgan fingerprint density at radius 2 is 2.07 bits per heavy atom. The van der Waals surface area contributed by atoms with Gasteiger partial charge in [0.25, 0.3) is 5.91 Å². The Bertz CT molecular complexity index is 871. The normalized spacial score (nSPS) is 16.3. The van der Waals surface area contributed by atoms with Gasteiger partial charge >= 0.3 is 0 Å². The van der Waals surface area contributed by atoms with Gasteiger partial charge in [-0.05, 0) is 43.6 Å². The van der Waals surface area contributed by atoms with Crippen LogP contribution in [-0.2, 0) is 4.79 Å². The van der Waals surface area contributed by atoms with Crippen molar-refractivity contribution < 1.29 is 4.79 Å². The maximum atomic E-state index is 13.2. The van der Waals surface area contributed by atoms with Gasteiger partial charge in [-0.25, -0.2) is 4.68 Å². The van der Waals surface area contributed by atoms with Crippen molar-refractivity contribution in [1.82, 2.24) is 14.8 Å². The first-order valence-corrected chi connectivity index (χ1v) is 10.3. The third-order valence-corrected chi connectivity index (χ3v) is 5.27. The highest BCUT2D eigenvalue weighted by Gasteiger charge is 2.33. The molecular formula is C20H27N5OS. The summed E-state index contributed by atoms with van der Waals surface area (Å²) in [6.45, 7) is 10.3. The lowest BCUT2D eigenvalue weighted by atomic mass is 9.94. The molecular weight excluding hydrogens is 358 g/mol. The molecule has 2 heterocycles. The summed E-state index contributed by atoms with van der Waals surface area (Å²) in [5.74, 6) is 1.94. The number of rotatable bonds is 6. The summed E-state index contributed by atoms with van der Waals surface area (Å²) in [6.07, 6.45) is 0.822. The lowest BCUT2D eigenvalue weighted by Crippen LogP contribution is -2.31. The van der Waals surface area contributed by atoms with E-state index in [0.29, 0.717) is 11.9 Å². The van der Waals surface area contributed by atoms with E-state index in [9.17, 15) is 4.79 Å². The molecule has 6 nitrogen and oxygen atoms in total. The van der Waals surface area contributed by atoms with Crippen molar-refractivity contribution in [2.75, 3.05) is 16.4 Å². The van der Waals surface area contributed by atoms with Crippen LogP contribution >= 0.6 is 11.8 Å². The number of aromatic nitrogens is 3. The molecule has 7 heteroatoms. The molecule has 0 spiro atoms. The molecule has 0 saturated heterocycles. The number of hydrogen-bond donors (Lipinski definition) is 2. The van der Waals surface area contributed by atoms with E-state index < -0.39 is 0 Å². The highest BCUT2D eigenvalue weighted by Crippen LogP contribution is 2.36. The average Bonchev–Trinajstić information content (AvgIpc) is 2.99. The van der Waals surface area contributed by atoms with Gasteiger partial charge in [-0.2, -0.15) is 4.98 Å². The quantitative estimate of drug-likeness (QED) is 0.710. The number of fused-ring (bicyclic) bond motifs is 1. The third kappa shape index (κ3) is 4.18. The Hall–Kier alpha value is -2.28. The van der Waals surface area contributed by atoms with Crippen LogP contribution < -0.4 is 10.6 Å². The molecule has 0 unspecified atom stereocenters. The van der Waals surface area contributed by atoms with Crippen LogP contribution in [0.15, 0.2) is 40.7 Å². The van der Waals surface area contributed by atoms with Crippen molar-refractivity contribution in [3.05, 3.63) is 41.1 Å². The van der Waals surface area contributed by atoms with Gasteiger partial charge in [-0.15, -0.1) is 5.10 Å².